The molecule has 0 radical (unpaired) electrons. The number of benzene rings is 1. The molecule has 1 aliphatic carbocycles. The summed E-state index contributed by atoms with van der Waals surface area (Å²) in [6.45, 7) is 2.69. The number of nitrogens with two attached hydrogens (primary N) is 1. The van der Waals surface area contributed by atoms with Gasteiger partial charge in [-0.1, -0.05) is 29.8 Å². The summed E-state index contributed by atoms with van der Waals surface area (Å²) in [5.41, 5.74) is 8.68. The Labute approximate surface area is 138 Å². The van der Waals surface area contributed by atoms with Crippen LogP contribution in [0.15, 0.2) is 35.7 Å². The highest BCUT2D eigenvalue weighted by molar-refractivity contribution is 7.12. The number of nitrogens with zero attached hydrogens (tertiary/aromatic N) is 1. The first kappa shape index (κ1) is 14.5. The second-order valence-electron chi connectivity index (χ2n) is 6.49. The highest BCUT2D eigenvalue weighted by Gasteiger charge is 2.56. The molecule has 2 N–H and O–H groups in total. The molecule has 2 aromatic rings. The van der Waals surface area contributed by atoms with Gasteiger partial charge in [-0.15, -0.1) is 11.3 Å². The number of fused-ring (bicyclic) bond motifs is 1. The number of rotatable bonds is 3. The first-order valence-electron chi connectivity index (χ1n) is 7.81. The van der Waals surface area contributed by atoms with E-state index in [2.05, 4.69) is 0 Å². The molecule has 1 aliphatic heterocycles. The number of hydrogen-bond donors (Lipinski definition) is 1. The van der Waals surface area contributed by atoms with Gasteiger partial charge in [-0.05, 0) is 42.2 Å². The number of aryl methyl sites for hydroxylation is 1. The third-order valence-corrected chi connectivity index (χ3v) is 5.83. The third kappa shape index (κ3) is 2.36. The maximum Gasteiger partial charge on any atom is 0.265 e. The fourth-order valence-corrected chi connectivity index (χ4v) is 4.48. The van der Waals surface area contributed by atoms with Gasteiger partial charge in [0, 0.05) is 12.1 Å². The van der Waals surface area contributed by atoms with E-state index in [1.165, 1.54) is 16.9 Å². The molecule has 118 valence electrons. The fraction of sp³-hybridized carbons (Fsp3) is 0.333. The Kier molecular flexibility index (Phi) is 3.27. The summed E-state index contributed by atoms with van der Waals surface area (Å²) in [5.74, 6) is 0.293. The summed E-state index contributed by atoms with van der Waals surface area (Å²) in [7, 11) is 0. The predicted molar refractivity (Wildman–Crippen MR) is 90.1 cm³/mol. The lowest BCUT2D eigenvalue weighted by Crippen LogP contribution is -2.46. The van der Waals surface area contributed by atoms with Gasteiger partial charge in [0.05, 0.1) is 4.88 Å². The quantitative estimate of drug-likeness (QED) is 0.942. The largest absolute Gasteiger partial charge is 0.368 e. The topological polar surface area (TPSA) is 63.4 Å². The Morgan fingerprint density at radius 3 is 2.65 bits per heavy atom. The van der Waals surface area contributed by atoms with Crippen molar-refractivity contribution in [1.29, 1.82) is 0 Å². The van der Waals surface area contributed by atoms with Crippen LogP contribution in [0.25, 0.3) is 11.1 Å². The second-order valence-corrected chi connectivity index (χ2v) is 7.41. The zero-order valence-corrected chi connectivity index (χ0v) is 13.7. The van der Waals surface area contributed by atoms with Crippen LogP contribution in [0, 0.1) is 18.8 Å². The van der Waals surface area contributed by atoms with Crippen molar-refractivity contribution in [1.82, 2.24) is 4.90 Å². The molecule has 4 nitrogen and oxygen atoms in total. The van der Waals surface area contributed by atoms with Crippen molar-refractivity contribution in [2.75, 3.05) is 6.54 Å². The molecule has 1 aromatic carbocycles. The molecule has 2 heterocycles. The van der Waals surface area contributed by atoms with Gasteiger partial charge < -0.3 is 10.6 Å². The molecule has 5 heteroatoms. The normalized spacial score (nSPS) is 25.3. The number of carbonyl (C=O) groups is 2. The molecule has 1 saturated carbocycles. The maximum absolute atomic E-state index is 13.0. The Balaban J connectivity index is 1.66. The van der Waals surface area contributed by atoms with Crippen molar-refractivity contribution in [3.8, 4) is 11.1 Å². The van der Waals surface area contributed by atoms with E-state index < -0.39 is 6.04 Å². The number of likely N-dealkylation sites (tertiary alicyclic amines) is 1. The lowest BCUT2D eigenvalue weighted by Gasteiger charge is -2.25. The van der Waals surface area contributed by atoms with Gasteiger partial charge in [0.1, 0.15) is 6.04 Å². The van der Waals surface area contributed by atoms with E-state index in [1.54, 1.807) is 4.90 Å². The first-order valence-corrected chi connectivity index (χ1v) is 8.69. The number of carbonyl (C=O) groups excluding carboxylic acids is 2. The first-order chi connectivity index (χ1) is 11.1. The van der Waals surface area contributed by atoms with Crippen LogP contribution < -0.4 is 5.73 Å². The van der Waals surface area contributed by atoms with Gasteiger partial charge in [0.25, 0.3) is 5.91 Å². The van der Waals surface area contributed by atoms with Gasteiger partial charge in [-0.25, -0.2) is 0 Å². The van der Waals surface area contributed by atoms with Crippen molar-refractivity contribution in [3.05, 3.63) is 46.2 Å². The van der Waals surface area contributed by atoms with E-state index in [4.69, 9.17) is 5.73 Å². The van der Waals surface area contributed by atoms with Crippen LogP contribution in [-0.2, 0) is 4.79 Å². The number of primary amides is 1. The SMILES string of the molecule is Cc1ccc(-c2ccsc2C(=O)N2C[C@@H]3C[C@@H]3[C@H]2C(N)=O)cc1. The lowest BCUT2D eigenvalue weighted by molar-refractivity contribution is -0.122. The number of piperidine rings is 1. The van der Waals surface area contributed by atoms with E-state index in [0.717, 1.165) is 17.5 Å². The zero-order chi connectivity index (χ0) is 16.1. The average molecular weight is 326 g/mol. The summed E-state index contributed by atoms with van der Waals surface area (Å²) in [6, 6.07) is 9.68. The molecule has 4 rings (SSSR count). The Bertz CT molecular complexity index is 781. The monoisotopic (exact) mass is 326 g/mol. The lowest BCUT2D eigenvalue weighted by atomic mass is 10.0. The number of thiophene rings is 1. The molecule has 2 aliphatic rings. The average Bonchev–Trinajstić information content (AvgIpc) is 2.99. The molecule has 1 saturated heterocycles. The number of hydrogen-bond acceptors (Lipinski definition) is 3. The molecular formula is C18H18N2O2S. The van der Waals surface area contributed by atoms with Crippen LogP contribution in [0.2, 0.25) is 0 Å². The van der Waals surface area contributed by atoms with Gasteiger partial charge >= 0.3 is 0 Å². The van der Waals surface area contributed by atoms with Crippen LogP contribution in [0.1, 0.15) is 21.7 Å². The van der Waals surface area contributed by atoms with Crippen molar-refractivity contribution < 1.29 is 9.59 Å². The van der Waals surface area contributed by atoms with E-state index >= 15 is 0 Å². The zero-order valence-electron chi connectivity index (χ0n) is 12.9. The van der Waals surface area contributed by atoms with E-state index in [-0.39, 0.29) is 17.7 Å². The summed E-state index contributed by atoms with van der Waals surface area (Å²) in [5, 5.41) is 1.93. The minimum atomic E-state index is -0.430. The van der Waals surface area contributed by atoms with Crippen molar-refractivity contribution in [2.45, 2.75) is 19.4 Å². The molecular weight excluding hydrogens is 308 g/mol. The maximum atomic E-state index is 13.0. The highest BCUT2D eigenvalue weighted by Crippen LogP contribution is 2.50. The van der Waals surface area contributed by atoms with E-state index in [1.807, 2.05) is 42.6 Å². The van der Waals surface area contributed by atoms with Crippen LogP contribution in [0.5, 0.6) is 0 Å². The van der Waals surface area contributed by atoms with Gasteiger partial charge in [0.2, 0.25) is 5.91 Å². The van der Waals surface area contributed by atoms with Gasteiger partial charge in [-0.3, -0.25) is 9.59 Å². The van der Waals surface area contributed by atoms with E-state index in [0.29, 0.717) is 17.3 Å². The molecule has 2 amide bonds. The minimum absolute atomic E-state index is 0.0634. The van der Waals surface area contributed by atoms with Crippen molar-refractivity contribution in [2.24, 2.45) is 17.6 Å². The molecule has 0 bridgehead atoms. The van der Waals surface area contributed by atoms with Crippen LogP contribution in [-0.4, -0.2) is 29.3 Å². The summed E-state index contributed by atoms with van der Waals surface area (Å²) in [4.78, 5) is 27.1. The Morgan fingerprint density at radius 2 is 1.96 bits per heavy atom. The van der Waals surface area contributed by atoms with Crippen LogP contribution >= 0.6 is 11.3 Å². The standard InChI is InChI=1S/C18H18N2O2S/c1-10-2-4-11(5-3-10)13-6-7-23-16(13)18(22)20-9-12-8-14(12)15(20)17(19)21/h2-7,12,14-15H,8-9H2,1H3,(H2,19,21)/t12-,14-,15-/m0/s1. The van der Waals surface area contributed by atoms with Gasteiger partial charge in [-0.2, -0.15) is 0 Å². The minimum Gasteiger partial charge on any atom is -0.368 e. The van der Waals surface area contributed by atoms with Crippen LogP contribution in [0.4, 0.5) is 0 Å². The molecule has 0 spiro atoms. The number of amides is 2. The van der Waals surface area contributed by atoms with Gasteiger partial charge in [0.15, 0.2) is 0 Å². The summed E-state index contributed by atoms with van der Waals surface area (Å²) < 4.78 is 0. The Hall–Kier alpha value is -2.14. The van der Waals surface area contributed by atoms with Crippen molar-refractivity contribution >= 4 is 23.2 Å². The molecule has 23 heavy (non-hydrogen) atoms. The van der Waals surface area contributed by atoms with Crippen LogP contribution in [0.3, 0.4) is 0 Å². The highest BCUT2D eigenvalue weighted by atomic mass is 32.1. The summed E-state index contributed by atoms with van der Waals surface area (Å²) in [6.07, 6.45) is 1.02. The van der Waals surface area contributed by atoms with Crippen molar-refractivity contribution in [3.63, 3.8) is 0 Å². The summed E-state index contributed by atoms with van der Waals surface area (Å²) >= 11 is 1.43. The Morgan fingerprint density at radius 1 is 1.22 bits per heavy atom. The molecule has 1 aromatic heterocycles. The molecule has 2 fully saturated rings. The fourth-order valence-electron chi connectivity index (χ4n) is 3.60. The predicted octanol–water partition coefficient (Wildman–Crippen LogP) is 2.67. The van der Waals surface area contributed by atoms with E-state index in [9.17, 15) is 9.59 Å². The molecule has 0 unspecified atom stereocenters. The molecule has 3 atom stereocenters. The smallest absolute Gasteiger partial charge is 0.265 e. The second kappa shape index (κ2) is 5.20. The third-order valence-electron chi connectivity index (χ3n) is 4.92.